The van der Waals surface area contributed by atoms with E-state index in [0.717, 1.165) is 31.6 Å². The number of amides is 1. The van der Waals surface area contributed by atoms with Crippen LogP contribution in [0.5, 0.6) is 0 Å². The molecule has 2 heterocycles. The number of aromatic nitrogens is 2. The van der Waals surface area contributed by atoms with Gasteiger partial charge in [0, 0.05) is 13.1 Å². The zero-order chi connectivity index (χ0) is 13.3. The smallest absolute Gasteiger partial charge is 0.276 e. The second-order valence-electron chi connectivity index (χ2n) is 5.53. The molecule has 1 amide bonds. The van der Waals surface area contributed by atoms with Gasteiger partial charge in [-0.05, 0) is 24.7 Å². The molecule has 0 atom stereocenters. The van der Waals surface area contributed by atoms with Crippen LogP contribution >= 0.6 is 0 Å². The molecule has 0 unspecified atom stereocenters. The van der Waals surface area contributed by atoms with Gasteiger partial charge in [-0.2, -0.15) is 5.10 Å². The minimum Gasteiger partial charge on any atom is -0.395 e. The lowest BCUT2D eigenvalue weighted by Gasteiger charge is -2.29. The van der Waals surface area contributed by atoms with Crippen LogP contribution in [0.3, 0.4) is 0 Å². The van der Waals surface area contributed by atoms with Crippen molar-refractivity contribution in [3.8, 4) is 0 Å². The first-order valence-corrected chi connectivity index (χ1v) is 6.63. The second-order valence-corrected chi connectivity index (χ2v) is 5.53. The molecule has 0 saturated carbocycles. The lowest BCUT2D eigenvalue weighted by Crippen LogP contribution is -2.38. The number of carbonyl (C=O) groups excluding carboxylic acids is 1. The molecule has 0 bridgehead atoms. The van der Waals surface area contributed by atoms with Gasteiger partial charge in [0.2, 0.25) is 0 Å². The number of nitrogen functional groups attached to an aromatic ring is 1. The number of nitrogens with zero attached hydrogens (tertiary/aromatic N) is 2. The fourth-order valence-corrected chi connectivity index (χ4v) is 2.33. The number of anilines is 1. The van der Waals surface area contributed by atoms with Gasteiger partial charge in [0.25, 0.3) is 5.91 Å². The first kappa shape index (κ1) is 12.9. The van der Waals surface area contributed by atoms with E-state index < -0.39 is 0 Å². The van der Waals surface area contributed by atoms with E-state index >= 15 is 0 Å². The molecule has 0 radical (unpaired) electrons. The molecule has 5 nitrogen and oxygen atoms in total. The van der Waals surface area contributed by atoms with Gasteiger partial charge in [-0.25, -0.2) is 0 Å². The Hall–Kier alpha value is -1.52. The molecule has 0 spiro atoms. The summed E-state index contributed by atoms with van der Waals surface area (Å²) in [6.07, 6.45) is 2.13. The molecule has 1 fully saturated rings. The van der Waals surface area contributed by atoms with E-state index in [1.807, 2.05) is 18.7 Å². The number of likely N-dealkylation sites (tertiary alicyclic amines) is 1. The van der Waals surface area contributed by atoms with Gasteiger partial charge >= 0.3 is 0 Å². The number of hydrogen-bond donors (Lipinski definition) is 2. The Morgan fingerprint density at radius 2 is 2.06 bits per heavy atom. The quantitative estimate of drug-likeness (QED) is 0.842. The molecule has 1 saturated heterocycles. The first-order valence-electron chi connectivity index (χ1n) is 6.63. The van der Waals surface area contributed by atoms with Gasteiger partial charge in [0.05, 0.1) is 11.4 Å². The first-order chi connectivity index (χ1) is 8.50. The predicted molar refractivity (Wildman–Crippen MR) is 71.4 cm³/mol. The number of carbonyl (C=O) groups is 1. The Balaban J connectivity index is 2.14. The summed E-state index contributed by atoms with van der Waals surface area (Å²) in [4.78, 5) is 14.2. The summed E-state index contributed by atoms with van der Waals surface area (Å²) in [5.41, 5.74) is 7.74. The summed E-state index contributed by atoms with van der Waals surface area (Å²) < 4.78 is 0. The lowest BCUT2D eigenvalue weighted by atomic mass is 9.99. The average Bonchev–Trinajstić information content (AvgIpc) is 2.71. The molecule has 2 rings (SSSR count). The molecular formula is C13H22N4O. The van der Waals surface area contributed by atoms with Crippen molar-refractivity contribution in [1.82, 2.24) is 15.1 Å². The molecular weight excluding hydrogens is 228 g/mol. The van der Waals surface area contributed by atoms with E-state index in [1.54, 1.807) is 0 Å². The fraction of sp³-hybridized carbons (Fsp3) is 0.692. The van der Waals surface area contributed by atoms with Crippen LogP contribution in [-0.2, 0) is 0 Å². The van der Waals surface area contributed by atoms with Gasteiger partial charge in [-0.15, -0.1) is 0 Å². The molecule has 1 aliphatic heterocycles. The minimum atomic E-state index is -0.0393. The number of hydrogen-bond acceptors (Lipinski definition) is 3. The molecule has 3 N–H and O–H groups in total. The molecule has 18 heavy (non-hydrogen) atoms. The Morgan fingerprint density at radius 3 is 2.56 bits per heavy atom. The van der Waals surface area contributed by atoms with Crippen LogP contribution in [0.1, 0.15) is 55.7 Å². The van der Waals surface area contributed by atoms with Crippen LogP contribution in [-0.4, -0.2) is 34.1 Å². The number of H-pyrrole nitrogens is 1. The van der Waals surface area contributed by atoms with E-state index in [1.165, 1.54) is 0 Å². The number of piperidine rings is 1. The number of rotatable bonds is 2. The predicted octanol–water partition coefficient (Wildman–Crippen LogP) is 1.99. The molecule has 5 heteroatoms. The van der Waals surface area contributed by atoms with Gasteiger partial charge in [-0.1, -0.05) is 20.8 Å². The van der Waals surface area contributed by atoms with Crippen molar-refractivity contribution >= 4 is 11.6 Å². The highest BCUT2D eigenvalue weighted by Crippen LogP contribution is 2.24. The highest BCUT2D eigenvalue weighted by Gasteiger charge is 2.26. The maximum atomic E-state index is 12.3. The summed E-state index contributed by atoms with van der Waals surface area (Å²) in [5, 5.41) is 6.97. The third kappa shape index (κ3) is 2.35. The van der Waals surface area contributed by atoms with E-state index in [2.05, 4.69) is 17.1 Å². The normalized spacial score (nSPS) is 17.4. The van der Waals surface area contributed by atoms with Crippen LogP contribution < -0.4 is 5.73 Å². The van der Waals surface area contributed by atoms with Crippen molar-refractivity contribution in [1.29, 1.82) is 0 Å². The van der Waals surface area contributed by atoms with Crippen LogP contribution in [0.2, 0.25) is 0 Å². The minimum absolute atomic E-state index is 0.0393. The van der Waals surface area contributed by atoms with Crippen LogP contribution in [0, 0.1) is 5.92 Å². The third-order valence-electron chi connectivity index (χ3n) is 3.68. The number of nitrogens with one attached hydrogen (secondary N) is 1. The second kappa shape index (κ2) is 5.00. The van der Waals surface area contributed by atoms with Crippen molar-refractivity contribution in [2.75, 3.05) is 18.8 Å². The van der Waals surface area contributed by atoms with E-state index in [4.69, 9.17) is 5.73 Å². The summed E-state index contributed by atoms with van der Waals surface area (Å²) >= 11 is 0. The molecule has 1 aromatic heterocycles. The van der Waals surface area contributed by atoms with E-state index in [-0.39, 0.29) is 11.8 Å². The zero-order valence-electron chi connectivity index (χ0n) is 11.4. The fourth-order valence-electron chi connectivity index (χ4n) is 2.33. The zero-order valence-corrected chi connectivity index (χ0v) is 11.4. The molecule has 1 aromatic rings. The molecule has 1 aliphatic rings. The van der Waals surface area contributed by atoms with Crippen molar-refractivity contribution in [3.63, 3.8) is 0 Å². The summed E-state index contributed by atoms with van der Waals surface area (Å²) in [6.45, 7) is 7.90. The van der Waals surface area contributed by atoms with Crippen molar-refractivity contribution < 1.29 is 4.79 Å². The van der Waals surface area contributed by atoms with Gasteiger partial charge < -0.3 is 10.6 Å². The third-order valence-corrected chi connectivity index (χ3v) is 3.68. The van der Waals surface area contributed by atoms with Gasteiger partial charge in [-0.3, -0.25) is 9.89 Å². The van der Waals surface area contributed by atoms with Crippen molar-refractivity contribution in [2.24, 2.45) is 5.92 Å². The maximum Gasteiger partial charge on any atom is 0.276 e. The Kier molecular flexibility index (Phi) is 3.59. The van der Waals surface area contributed by atoms with Gasteiger partial charge in [0.1, 0.15) is 0 Å². The van der Waals surface area contributed by atoms with Crippen LogP contribution in [0.4, 0.5) is 5.69 Å². The summed E-state index contributed by atoms with van der Waals surface area (Å²) in [5.74, 6) is 0.916. The van der Waals surface area contributed by atoms with Crippen LogP contribution in [0.15, 0.2) is 0 Å². The largest absolute Gasteiger partial charge is 0.395 e. The van der Waals surface area contributed by atoms with Crippen molar-refractivity contribution in [3.05, 3.63) is 11.4 Å². The number of aromatic amines is 1. The summed E-state index contributed by atoms with van der Waals surface area (Å²) in [7, 11) is 0. The standard InChI is InChI=1S/C13H22N4O/c1-8(2)11-10(14)12(16-15-11)13(18)17-6-4-9(3)5-7-17/h8-9H,4-7,14H2,1-3H3,(H,15,16). The Bertz CT molecular complexity index is 430. The van der Waals surface area contributed by atoms with E-state index in [0.29, 0.717) is 17.3 Å². The van der Waals surface area contributed by atoms with Crippen LogP contribution in [0.25, 0.3) is 0 Å². The van der Waals surface area contributed by atoms with Gasteiger partial charge in [0.15, 0.2) is 5.69 Å². The average molecular weight is 250 g/mol. The Morgan fingerprint density at radius 1 is 1.44 bits per heavy atom. The lowest BCUT2D eigenvalue weighted by molar-refractivity contribution is 0.0692. The number of nitrogens with two attached hydrogens (primary N) is 1. The Labute approximate surface area is 108 Å². The topological polar surface area (TPSA) is 75.0 Å². The SMILES string of the molecule is CC1CCN(C(=O)c2n[nH]c(C(C)C)c2N)CC1. The maximum absolute atomic E-state index is 12.3. The monoisotopic (exact) mass is 250 g/mol. The molecule has 0 aromatic carbocycles. The molecule has 100 valence electrons. The van der Waals surface area contributed by atoms with E-state index in [9.17, 15) is 4.79 Å². The summed E-state index contributed by atoms with van der Waals surface area (Å²) in [6, 6.07) is 0. The highest BCUT2D eigenvalue weighted by molar-refractivity contribution is 5.97. The highest BCUT2D eigenvalue weighted by atomic mass is 16.2. The van der Waals surface area contributed by atoms with Crippen molar-refractivity contribution in [2.45, 2.75) is 39.5 Å². The molecule has 0 aliphatic carbocycles.